The standard InChI is InChI=1S/C32H47NO2/c1-4-32-18-17-30(2,35)20-24(32)10-11-25-26-12-13-28(31(26,3)16-14-27(25)32)29(34)33-19-15-23(21-33)22-8-6-5-7-9-22/h5-9,23-28,35H,4,10-21H2,1-3H3/t23?,24-,25+,26+,27+,28-,30-,31+,32+/m1/s1. The molecule has 3 heteroatoms. The lowest BCUT2D eigenvalue weighted by Gasteiger charge is -2.63. The summed E-state index contributed by atoms with van der Waals surface area (Å²) in [7, 11) is 0. The molecule has 0 radical (unpaired) electrons. The van der Waals surface area contributed by atoms with Gasteiger partial charge in [0.05, 0.1) is 5.60 Å². The van der Waals surface area contributed by atoms with Crippen LogP contribution >= 0.6 is 0 Å². The van der Waals surface area contributed by atoms with E-state index in [-0.39, 0.29) is 11.3 Å². The number of likely N-dealkylation sites (tertiary alicyclic amines) is 1. The van der Waals surface area contributed by atoms with Crippen molar-refractivity contribution in [2.45, 2.75) is 103 Å². The van der Waals surface area contributed by atoms with Crippen molar-refractivity contribution in [2.24, 2.45) is 40.4 Å². The van der Waals surface area contributed by atoms with Crippen molar-refractivity contribution in [1.82, 2.24) is 4.90 Å². The second-order valence-corrected chi connectivity index (χ2v) is 13.8. The highest BCUT2D eigenvalue weighted by molar-refractivity contribution is 5.80. The molecule has 1 saturated heterocycles. The minimum Gasteiger partial charge on any atom is -0.390 e. The van der Waals surface area contributed by atoms with Crippen LogP contribution < -0.4 is 0 Å². The quantitative estimate of drug-likeness (QED) is 0.520. The van der Waals surface area contributed by atoms with E-state index in [2.05, 4.69) is 56.0 Å². The minimum atomic E-state index is -0.461. The largest absolute Gasteiger partial charge is 0.390 e. The summed E-state index contributed by atoms with van der Waals surface area (Å²) in [6, 6.07) is 10.8. The Bertz CT molecular complexity index is 942. The van der Waals surface area contributed by atoms with E-state index in [1.54, 1.807) is 0 Å². The molecule has 192 valence electrons. The molecular formula is C32H47NO2. The Morgan fingerprint density at radius 1 is 0.971 bits per heavy atom. The maximum Gasteiger partial charge on any atom is 0.226 e. The van der Waals surface area contributed by atoms with Gasteiger partial charge in [0.25, 0.3) is 0 Å². The number of aliphatic hydroxyl groups is 1. The lowest BCUT2D eigenvalue weighted by Crippen LogP contribution is -2.57. The van der Waals surface area contributed by atoms with Crippen LogP contribution in [0.25, 0.3) is 0 Å². The van der Waals surface area contributed by atoms with Crippen LogP contribution in [-0.4, -0.2) is 34.6 Å². The van der Waals surface area contributed by atoms with Gasteiger partial charge in [0.1, 0.15) is 0 Å². The van der Waals surface area contributed by atoms with E-state index >= 15 is 0 Å². The summed E-state index contributed by atoms with van der Waals surface area (Å²) in [5, 5.41) is 10.9. The summed E-state index contributed by atoms with van der Waals surface area (Å²) < 4.78 is 0. The van der Waals surface area contributed by atoms with Gasteiger partial charge in [-0.1, -0.05) is 44.2 Å². The molecule has 1 aliphatic heterocycles. The smallest absolute Gasteiger partial charge is 0.226 e. The highest BCUT2D eigenvalue weighted by Crippen LogP contribution is 2.69. The Hall–Kier alpha value is -1.35. The molecule has 6 rings (SSSR count). The van der Waals surface area contributed by atoms with Crippen LogP contribution in [0, 0.1) is 40.4 Å². The second-order valence-electron chi connectivity index (χ2n) is 13.8. The van der Waals surface area contributed by atoms with E-state index in [0.717, 1.165) is 56.5 Å². The average Bonchev–Trinajstić information content (AvgIpc) is 3.48. The van der Waals surface area contributed by atoms with Crippen molar-refractivity contribution < 1.29 is 9.90 Å². The van der Waals surface area contributed by atoms with Gasteiger partial charge in [-0.15, -0.1) is 0 Å². The number of hydrogen-bond donors (Lipinski definition) is 1. The number of rotatable bonds is 3. The maximum absolute atomic E-state index is 14.0. The van der Waals surface area contributed by atoms with E-state index in [9.17, 15) is 9.90 Å². The van der Waals surface area contributed by atoms with E-state index in [1.165, 1.54) is 50.5 Å². The number of benzene rings is 1. The molecule has 1 heterocycles. The molecule has 0 bridgehead atoms. The van der Waals surface area contributed by atoms with Gasteiger partial charge in [0.15, 0.2) is 0 Å². The van der Waals surface area contributed by atoms with E-state index in [1.807, 2.05) is 0 Å². The third kappa shape index (κ3) is 3.73. The van der Waals surface area contributed by atoms with Gasteiger partial charge in [-0.2, -0.15) is 0 Å². The number of fused-ring (bicyclic) bond motifs is 5. The van der Waals surface area contributed by atoms with Crippen LogP contribution in [0.4, 0.5) is 0 Å². The zero-order valence-corrected chi connectivity index (χ0v) is 22.3. The number of hydrogen-bond acceptors (Lipinski definition) is 2. The van der Waals surface area contributed by atoms with Crippen LogP contribution in [-0.2, 0) is 4.79 Å². The number of carbonyl (C=O) groups is 1. The number of carbonyl (C=O) groups excluding carboxylic acids is 1. The zero-order valence-electron chi connectivity index (χ0n) is 22.3. The molecule has 5 aliphatic rings. The Morgan fingerprint density at radius 3 is 2.54 bits per heavy atom. The Labute approximate surface area is 213 Å². The molecule has 9 atom stereocenters. The maximum atomic E-state index is 14.0. The lowest BCUT2D eigenvalue weighted by molar-refractivity contribution is -0.161. The normalized spacial score (nSPS) is 47.1. The zero-order chi connectivity index (χ0) is 24.4. The predicted molar refractivity (Wildman–Crippen MR) is 141 cm³/mol. The SMILES string of the molecule is CC[C@]12CC[C@@](C)(O)C[C@H]1CC[C@H]1[C@@H]3CC[C@H](C(=O)N4CCC(c5ccccc5)C4)[C@@]3(C)CC[C@@H]12. The first-order valence-corrected chi connectivity index (χ1v) is 14.8. The topological polar surface area (TPSA) is 40.5 Å². The first kappa shape index (κ1) is 24.0. The summed E-state index contributed by atoms with van der Waals surface area (Å²) in [5.41, 5.74) is 1.56. The Morgan fingerprint density at radius 2 is 1.77 bits per heavy atom. The molecule has 0 aromatic heterocycles. The van der Waals surface area contributed by atoms with Gasteiger partial charge < -0.3 is 10.0 Å². The third-order valence-electron chi connectivity index (χ3n) is 12.4. The molecule has 1 aromatic rings. The van der Waals surface area contributed by atoms with Crippen molar-refractivity contribution in [3.8, 4) is 0 Å². The number of amides is 1. The molecule has 1 N–H and O–H groups in total. The first-order chi connectivity index (χ1) is 16.8. The van der Waals surface area contributed by atoms with Crippen LogP contribution in [0.3, 0.4) is 0 Å². The van der Waals surface area contributed by atoms with Gasteiger partial charge in [-0.3, -0.25) is 4.79 Å². The summed E-state index contributed by atoms with van der Waals surface area (Å²) in [5.74, 6) is 4.22. The molecule has 1 unspecified atom stereocenters. The predicted octanol–water partition coefficient (Wildman–Crippen LogP) is 6.80. The van der Waals surface area contributed by atoms with E-state index < -0.39 is 5.60 Å². The summed E-state index contributed by atoms with van der Waals surface area (Å²) in [4.78, 5) is 16.2. The van der Waals surface area contributed by atoms with Crippen molar-refractivity contribution in [3.05, 3.63) is 35.9 Å². The van der Waals surface area contributed by atoms with Gasteiger partial charge in [-0.05, 0) is 118 Å². The molecule has 1 amide bonds. The fourth-order valence-electron chi connectivity index (χ4n) is 10.5. The van der Waals surface area contributed by atoms with E-state index in [0.29, 0.717) is 23.2 Å². The van der Waals surface area contributed by atoms with Crippen LogP contribution in [0.2, 0.25) is 0 Å². The summed E-state index contributed by atoms with van der Waals surface area (Å²) >= 11 is 0. The van der Waals surface area contributed by atoms with Crippen LogP contribution in [0.5, 0.6) is 0 Å². The fourth-order valence-corrected chi connectivity index (χ4v) is 10.5. The van der Waals surface area contributed by atoms with E-state index in [4.69, 9.17) is 0 Å². The van der Waals surface area contributed by atoms with Crippen LogP contribution in [0.15, 0.2) is 30.3 Å². The molecule has 1 aromatic carbocycles. The first-order valence-electron chi connectivity index (χ1n) is 14.8. The molecule has 0 spiro atoms. The second kappa shape index (κ2) is 8.61. The van der Waals surface area contributed by atoms with Crippen molar-refractivity contribution in [1.29, 1.82) is 0 Å². The highest BCUT2D eigenvalue weighted by Gasteiger charge is 2.63. The molecule has 3 nitrogen and oxygen atoms in total. The summed E-state index contributed by atoms with van der Waals surface area (Å²) in [6.45, 7) is 8.85. The minimum absolute atomic E-state index is 0.186. The van der Waals surface area contributed by atoms with Crippen molar-refractivity contribution in [2.75, 3.05) is 13.1 Å². The van der Waals surface area contributed by atoms with Crippen molar-refractivity contribution >= 4 is 5.91 Å². The molecule has 5 fully saturated rings. The van der Waals surface area contributed by atoms with Gasteiger partial charge in [0, 0.05) is 24.9 Å². The molecule has 4 aliphatic carbocycles. The lowest BCUT2D eigenvalue weighted by atomic mass is 9.43. The van der Waals surface area contributed by atoms with Gasteiger partial charge in [-0.25, -0.2) is 0 Å². The molecule has 4 saturated carbocycles. The monoisotopic (exact) mass is 477 g/mol. The highest BCUT2D eigenvalue weighted by atomic mass is 16.3. The average molecular weight is 478 g/mol. The molecular weight excluding hydrogens is 430 g/mol. The number of nitrogens with zero attached hydrogens (tertiary/aromatic N) is 1. The van der Waals surface area contributed by atoms with Gasteiger partial charge >= 0.3 is 0 Å². The third-order valence-corrected chi connectivity index (χ3v) is 12.4. The molecule has 35 heavy (non-hydrogen) atoms. The van der Waals surface area contributed by atoms with Crippen molar-refractivity contribution in [3.63, 3.8) is 0 Å². The Balaban J connectivity index is 1.19. The van der Waals surface area contributed by atoms with Gasteiger partial charge in [0.2, 0.25) is 5.91 Å². The Kier molecular flexibility index (Phi) is 5.90. The fraction of sp³-hybridized carbons (Fsp3) is 0.781. The summed E-state index contributed by atoms with van der Waals surface area (Å²) in [6.07, 6.45) is 13.1. The van der Waals surface area contributed by atoms with Crippen LogP contribution in [0.1, 0.15) is 103 Å².